The molecule has 0 aliphatic carbocycles. The first-order chi connectivity index (χ1) is 11.8. The van der Waals surface area contributed by atoms with E-state index in [1.54, 1.807) is 6.20 Å². The molecule has 5 heteroatoms. The number of aliphatic hydroxyl groups is 1. The molecule has 128 valence electrons. The molecular formula is C19H25N3O2. The molecule has 0 bridgehead atoms. The van der Waals surface area contributed by atoms with E-state index in [0.29, 0.717) is 18.9 Å². The Hall–Kier alpha value is -2.14. The van der Waals surface area contributed by atoms with Crippen molar-refractivity contribution in [1.29, 1.82) is 0 Å². The Morgan fingerprint density at radius 1 is 1.17 bits per heavy atom. The van der Waals surface area contributed by atoms with Crippen LogP contribution in [0.3, 0.4) is 0 Å². The fraction of sp³-hybridized carbons (Fsp3) is 0.474. The van der Waals surface area contributed by atoms with Gasteiger partial charge in [-0.25, -0.2) is 0 Å². The first kappa shape index (κ1) is 16.7. The maximum atomic E-state index is 12.4. The molecule has 2 heterocycles. The maximum Gasteiger partial charge on any atom is 0.222 e. The monoisotopic (exact) mass is 327 g/mol. The summed E-state index contributed by atoms with van der Waals surface area (Å²) in [5.74, 6) is 0.679. The van der Waals surface area contributed by atoms with E-state index in [-0.39, 0.29) is 12.5 Å². The third-order valence-corrected chi connectivity index (χ3v) is 4.80. The summed E-state index contributed by atoms with van der Waals surface area (Å²) in [6, 6.07) is 12.2. The summed E-state index contributed by atoms with van der Waals surface area (Å²) < 4.78 is 1.89. The average molecular weight is 327 g/mol. The second kappa shape index (κ2) is 8.11. The molecule has 1 aliphatic heterocycles. The van der Waals surface area contributed by atoms with E-state index in [2.05, 4.69) is 17.2 Å². The Kier molecular flexibility index (Phi) is 5.64. The number of nitrogens with zero attached hydrogens (tertiary/aromatic N) is 3. The van der Waals surface area contributed by atoms with E-state index in [0.717, 1.165) is 32.4 Å². The summed E-state index contributed by atoms with van der Waals surface area (Å²) in [4.78, 5) is 14.4. The minimum absolute atomic E-state index is 0.103. The predicted octanol–water partition coefficient (Wildman–Crippen LogP) is 2.21. The van der Waals surface area contributed by atoms with Crippen LogP contribution in [0.1, 0.15) is 36.4 Å². The molecule has 0 unspecified atom stereocenters. The fourth-order valence-electron chi connectivity index (χ4n) is 3.45. The van der Waals surface area contributed by atoms with Crippen LogP contribution in [0.5, 0.6) is 0 Å². The first-order valence-electron chi connectivity index (χ1n) is 8.72. The van der Waals surface area contributed by atoms with Gasteiger partial charge in [0.1, 0.15) is 0 Å². The summed E-state index contributed by atoms with van der Waals surface area (Å²) in [6.45, 7) is 2.26. The Morgan fingerprint density at radius 2 is 1.92 bits per heavy atom. The maximum absolute atomic E-state index is 12.4. The number of carbonyl (C=O) groups is 1. The standard InChI is InChI=1S/C19H25N3O2/c23-15-14-22-18(8-11-20-22)17-9-12-21(13-10-17)19(24)7-6-16-4-2-1-3-5-16/h1-5,8,11,17,23H,6-7,9-10,12-15H2. The van der Waals surface area contributed by atoms with Crippen LogP contribution in [-0.4, -0.2) is 45.4 Å². The van der Waals surface area contributed by atoms with Gasteiger partial charge in [-0.05, 0) is 30.9 Å². The highest BCUT2D eigenvalue weighted by atomic mass is 16.3. The summed E-state index contributed by atoms with van der Waals surface area (Å²) in [5.41, 5.74) is 2.40. The zero-order valence-electron chi connectivity index (χ0n) is 14.0. The average Bonchev–Trinajstić information content (AvgIpc) is 3.09. The lowest BCUT2D eigenvalue weighted by molar-refractivity contribution is -0.132. The van der Waals surface area contributed by atoms with Gasteiger partial charge in [0, 0.05) is 37.3 Å². The molecular weight excluding hydrogens is 302 g/mol. The van der Waals surface area contributed by atoms with Crippen LogP contribution in [0.25, 0.3) is 0 Å². The van der Waals surface area contributed by atoms with Crippen molar-refractivity contribution in [1.82, 2.24) is 14.7 Å². The van der Waals surface area contributed by atoms with Crippen LogP contribution in [0, 0.1) is 0 Å². The molecule has 2 aromatic rings. The van der Waals surface area contributed by atoms with Crippen molar-refractivity contribution in [3.05, 3.63) is 53.9 Å². The summed E-state index contributed by atoms with van der Waals surface area (Å²) >= 11 is 0. The van der Waals surface area contributed by atoms with Crippen LogP contribution in [0.4, 0.5) is 0 Å². The van der Waals surface area contributed by atoms with Gasteiger partial charge in [-0.1, -0.05) is 30.3 Å². The van der Waals surface area contributed by atoms with Gasteiger partial charge < -0.3 is 10.0 Å². The molecule has 3 rings (SSSR count). The van der Waals surface area contributed by atoms with Gasteiger partial charge in [0.25, 0.3) is 0 Å². The lowest BCUT2D eigenvalue weighted by atomic mass is 9.93. The molecule has 1 aromatic carbocycles. The van der Waals surface area contributed by atoms with Gasteiger partial charge in [0.05, 0.1) is 13.2 Å². The molecule has 24 heavy (non-hydrogen) atoms. The van der Waals surface area contributed by atoms with Gasteiger partial charge in [0.2, 0.25) is 5.91 Å². The van der Waals surface area contributed by atoms with Gasteiger partial charge in [0.15, 0.2) is 0 Å². The predicted molar refractivity (Wildman–Crippen MR) is 92.6 cm³/mol. The molecule has 0 radical (unpaired) electrons. The Morgan fingerprint density at radius 3 is 2.62 bits per heavy atom. The van der Waals surface area contributed by atoms with E-state index in [1.165, 1.54) is 11.3 Å². The van der Waals surface area contributed by atoms with Crippen LogP contribution < -0.4 is 0 Å². The molecule has 1 fully saturated rings. The summed E-state index contributed by atoms with van der Waals surface area (Å²) in [6.07, 6.45) is 5.12. The van der Waals surface area contributed by atoms with Crippen LogP contribution in [-0.2, 0) is 17.8 Å². The number of amides is 1. The molecule has 1 aromatic heterocycles. The molecule has 0 spiro atoms. The van der Waals surface area contributed by atoms with Gasteiger partial charge >= 0.3 is 0 Å². The van der Waals surface area contributed by atoms with E-state index in [9.17, 15) is 4.79 Å². The number of piperidine rings is 1. The largest absolute Gasteiger partial charge is 0.394 e. The third kappa shape index (κ3) is 4.03. The molecule has 1 amide bonds. The van der Waals surface area contributed by atoms with Crippen molar-refractivity contribution >= 4 is 5.91 Å². The number of aliphatic hydroxyl groups excluding tert-OH is 1. The van der Waals surface area contributed by atoms with Gasteiger partial charge in [-0.2, -0.15) is 5.10 Å². The van der Waals surface area contributed by atoms with Crippen LogP contribution in [0.2, 0.25) is 0 Å². The number of hydrogen-bond acceptors (Lipinski definition) is 3. The topological polar surface area (TPSA) is 58.4 Å². The van der Waals surface area contributed by atoms with Crippen molar-refractivity contribution in [3.8, 4) is 0 Å². The fourth-order valence-corrected chi connectivity index (χ4v) is 3.45. The van der Waals surface area contributed by atoms with Crippen molar-refractivity contribution in [3.63, 3.8) is 0 Å². The van der Waals surface area contributed by atoms with Gasteiger partial charge in [-0.15, -0.1) is 0 Å². The number of hydrogen-bond donors (Lipinski definition) is 1. The minimum Gasteiger partial charge on any atom is -0.394 e. The van der Waals surface area contributed by atoms with Crippen molar-refractivity contribution in [2.24, 2.45) is 0 Å². The van der Waals surface area contributed by atoms with E-state index >= 15 is 0 Å². The summed E-state index contributed by atoms with van der Waals surface area (Å²) in [5, 5.41) is 13.4. The normalized spacial score (nSPS) is 15.6. The second-order valence-electron chi connectivity index (χ2n) is 6.34. The minimum atomic E-state index is 0.103. The zero-order valence-corrected chi connectivity index (χ0v) is 14.0. The number of benzene rings is 1. The quantitative estimate of drug-likeness (QED) is 0.885. The zero-order chi connectivity index (χ0) is 16.8. The summed E-state index contributed by atoms with van der Waals surface area (Å²) in [7, 11) is 0. The van der Waals surface area contributed by atoms with Crippen LogP contribution >= 0.6 is 0 Å². The van der Waals surface area contributed by atoms with Crippen molar-refractivity contribution < 1.29 is 9.90 Å². The molecule has 1 aliphatic rings. The highest BCUT2D eigenvalue weighted by Gasteiger charge is 2.25. The van der Waals surface area contributed by atoms with E-state index in [4.69, 9.17) is 5.11 Å². The Labute approximate surface area is 142 Å². The second-order valence-corrected chi connectivity index (χ2v) is 6.34. The van der Waals surface area contributed by atoms with E-state index < -0.39 is 0 Å². The molecule has 0 atom stereocenters. The van der Waals surface area contributed by atoms with E-state index in [1.807, 2.05) is 33.8 Å². The lowest BCUT2D eigenvalue weighted by Gasteiger charge is -2.32. The SMILES string of the molecule is O=C(CCc1ccccc1)N1CCC(c2ccnn2CCO)CC1. The lowest BCUT2D eigenvalue weighted by Crippen LogP contribution is -2.38. The molecule has 5 nitrogen and oxygen atoms in total. The number of rotatable bonds is 6. The number of likely N-dealkylation sites (tertiary alicyclic amines) is 1. The smallest absolute Gasteiger partial charge is 0.222 e. The molecule has 0 saturated carbocycles. The highest BCUT2D eigenvalue weighted by molar-refractivity contribution is 5.76. The number of aromatic nitrogens is 2. The van der Waals surface area contributed by atoms with Crippen LogP contribution in [0.15, 0.2) is 42.6 Å². The number of aryl methyl sites for hydroxylation is 1. The van der Waals surface area contributed by atoms with Crippen molar-refractivity contribution in [2.45, 2.75) is 38.1 Å². The van der Waals surface area contributed by atoms with Gasteiger partial charge in [-0.3, -0.25) is 9.48 Å². The Balaban J connectivity index is 1.49. The first-order valence-corrected chi connectivity index (χ1v) is 8.72. The molecule has 1 saturated heterocycles. The molecule has 1 N–H and O–H groups in total. The van der Waals surface area contributed by atoms with Crippen molar-refractivity contribution in [2.75, 3.05) is 19.7 Å². The highest BCUT2D eigenvalue weighted by Crippen LogP contribution is 2.28. The number of carbonyl (C=O) groups excluding carboxylic acids is 1. The third-order valence-electron chi connectivity index (χ3n) is 4.80. The Bertz CT molecular complexity index is 646.